The van der Waals surface area contributed by atoms with Crippen LogP contribution in [0.1, 0.15) is 10.6 Å². The fourth-order valence-corrected chi connectivity index (χ4v) is 4.27. The molecular weight excluding hydrogens is 322 g/mol. The Bertz CT molecular complexity index is 1030. The fourth-order valence-electron chi connectivity index (χ4n) is 2.87. The second-order valence-electron chi connectivity index (χ2n) is 5.49. The summed E-state index contributed by atoms with van der Waals surface area (Å²) in [6, 6.07) is 22.9. The van der Waals surface area contributed by atoms with E-state index < -0.39 is 0 Å². The van der Waals surface area contributed by atoms with E-state index >= 15 is 0 Å². The normalized spacial score (nSPS) is 12.2. The van der Waals surface area contributed by atoms with Gasteiger partial charge in [0.25, 0.3) is 5.01 Å². The van der Waals surface area contributed by atoms with Crippen molar-refractivity contribution in [1.29, 1.82) is 0 Å². The quantitative estimate of drug-likeness (QED) is 0.418. The second-order valence-corrected chi connectivity index (χ2v) is 6.96. The number of fused-ring (bicyclic) bond motifs is 3. The van der Waals surface area contributed by atoms with Crippen molar-refractivity contribution in [2.75, 3.05) is 0 Å². The van der Waals surface area contributed by atoms with Crippen LogP contribution >= 0.6 is 22.9 Å². The predicted molar refractivity (Wildman–Crippen MR) is 101 cm³/mol. The van der Waals surface area contributed by atoms with Crippen molar-refractivity contribution in [2.24, 2.45) is 7.05 Å². The summed E-state index contributed by atoms with van der Waals surface area (Å²) in [4.78, 5) is 0. The second kappa shape index (κ2) is 5.80. The summed E-state index contributed by atoms with van der Waals surface area (Å²) in [6.45, 7) is 0. The Morgan fingerprint density at radius 3 is 2.52 bits per heavy atom. The zero-order valence-corrected chi connectivity index (χ0v) is 14.2. The van der Waals surface area contributed by atoms with Gasteiger partial charge >= 0.3 is 0 Å². The standard InChI is InChI=1S/C20H15ClNS/c1-22-19(13-17(21)15-8-3-2-4-9-15)23-18-12-11-14-7-5-6-10-16(14)20(18)22/h2-13H,1H3/q+1/b17-13-. The highest BCUT2D eigenvalue weighted by atomic mass is 35.5. The third kappa shape index (κ3) is 2.54. The minimum atomic E-state index is 0.761. The van der Waals surface area contributed by atoms with Crippen LogP contribution in [0.2, 0.25) is 0 Å². The molecule has 0 aliphatic rings. The molecule has 3 aromatic carbocycles. The van der Waals surface area contributed by atoms with E-state index in [0.717, 1.165) is 15.6 Å². The average molecular weight is 337 g/mol. The molecule has 0 saturated carbocycles. The molecule has 0 unspecified atom stereocenters. The fraction of sp³-hybridized carbons (Fsp3) is 0.0500. The number of thiazole rings is 1. The molecule has 0 bridgehead atoms. The van der Waals surface area contributed by atoms with Gasteiger partial charge in [-0.25, -0.2) is 0 Å². The van der Waals surface area contributed by atoms with E-state index in [1.165, 1.54) is 21.0 Å². The Balaban J connectivity index is 1.92. The predicted octanol–water partition coefficient (Wildman–Crippen LogP) is 5.62. The number of hydrogen-bond donors (Lipinski definition) is 0. The van der Waals surface area contributed by atoms with Crippen molar-refractivity contribution in [2.45, 2.75) is 0 Å². The monoisotopic (exact) mass is 336 g/mol. The van der Waals surface area contributed by atoms with E-state index in [0.29, 0.717) is 0 Å². The average Bonchev–Trinajstić information content (AvgIpc) is 2.92. The van der Waals surface area contributed by atoms with Crippen molar-refractivity contribution in [3.8, 4) is 0 Å². The lowest BCUT2D eigenvalue weighted by molar-refractivity contribution is -0.641. The molecule has 1 nitrogen and oxygen atoms in total. The summed E-state index contributed by atoms with van der Waals surface area (Å²) in [7, 11) is 2.10. The van der Waals surface area contributed by atoms with Crippen LogP contribution in [0.4, 0.5) is 0 Å². The van der Waals surface area contributed by atoms with Crippen molar-refractivity contribution in [3.63, 3.8) is 0 Å². The van der Waals surface area contributed by atoms with Gasteiger partial charge in [-0.3, -0.25) is 0 Å². The molecule has 4 rings (SSSR count). The van der Waals surface area contributed by atoms with Crippen molar-refractivity contribution < 1.29 is 4.57 Å². The number of aromatic nitrogens is 1. The van der Waals surface area contributed by atoms with Gasteiger partial charge in [0.1, 0.15) is 11.7 Å². The number of aryl methyl sites for hydroxylation is 1. The Kier molecular flexibility index (Phi) is 3.64. The molecule has 4 aromatic rings. The topological polar surface area (TPSA) is 3.88 Å². The van der Waals surface area contributed by atoms with Crippen molar-refractivity contribution in [3.05, 3.63) is 77.3 Å². The van der Waals surface area contributed by atoms with Gasteiger partial charge in [-0.2, -0.15) is 4.57 Å². The third-order valence-electron chi connectivity index (χ3n) is 4.04. The molecule has 0 amide bonds. The SMILES string of the molecule is C[n+]1c(/C=C(\Cl)c2ccccc2)sc2ccc3ccccc3c21. The third-order valence-corrected chi connectivity index (χ3v) is 5.52. The zero-order valence-electron chi connectivity index (χ0n) is 12.7. The number of hydrogen-bond acceptors (Lipinski definition) is 1. The van der Waals surface area contributed by atoms with Crippen LogP contribution in [0.3, 0.4) is 0 Å². The molecule has 0 N–H and O–H groups in total. The van der Waals surface area contributed by atoms with Crippen LogP contribution in [0.25, 0.3) is 32.1 Å². The maximum Gasteiger partial charge on any atom is 0.264 e. The minimum Gasteiger partial charge on any atom is -0.184 e. The van der Waals surface area contributed by atoms with Gasteiger partial charge in [0, 0.05) is 6.08 Å². The molecule has 1 heterocycles. The van der Waals surface area contributed by atoms with Crippen LogP contribution in [-0.2, 0) is 7.05 Å². The van der Waals surface area contributed by atoms with E-state index in [2.05, 4.69) is 54.1 Å². The van der Waals surface area contributed by atoms with E-state index in [1.54, 1.807) is 11.3 Å². The lowest BCUT2D eigenvalue weighted by atomic mass is 10.1. The first-order valence-corrected chi connectivity index (χ1v) is 8.66. The van der Waals surface area contributed by atoms with Gasteiger partial charge in [-0.15, -0.1) is 0 Å². The van der Waals surface area contributed by atoms with Crippen molar-refractivity contribution in [1.82, 2.24) is 0 Å². The lowest BCUT2D eigenvalue weighted by Gasteiger charge is -1.97. The molecule has 0 saturated heterocycles. The smallest absolute Gasteiger partial charge is 0.184 e. The number of benzene rings is 3. The molecular formula is C20H15ClNS+. The summed E-state index contributed by atoms with van der Waals surface area (Å²) >= 11 is 8.28. The molecule has 0 spiro atoms. The molecule has 3 heteroatoms. The van der Waals surface area contributed by atoms with Crippen LogP contribution in [0.15, 0.2) is 66.7 Å². The first-order chi connectivity index (χ1) is 11.2. The Labute approximate surface area is 144 Å². The summed E-state index contributed by atoms with van der Waals surface area (Å²) in [5.74, 6) is 0. The van der Waals surface area contributed by atoms with Gasteiger partial charge in [-0.1, -0.05) is 77.5 Å². The molecule has 0 aliphatic heterocycles. The number of nitrogens with zero attached hydrogens (tertiary/aromatic N) is 1. The Morgan fingerprint density at radius 1 is 0.957 bits per heavy atom. The number of rotatable bonds is 2. The summed E-state index contributed by atoms with van der Waals surface area (Å²) in [5.41, 5.74) is 2.30. The van der Waals surface area contributed by atoms with E-state index in [4.69, 9.17) is 11.6 Å². The van der Waals surface area contributed by atoms with Gasteiger partial charge in [-0.05, 0) is 23.1 Å². The van der Waals surface area contributed by atoms with Gasteiger partial charge in [0.15, 0.2) is 0 Å². The molecule has 0 aliphatic carbocycles. The first kappa shape index (κ1) is 14.4. The van der Waals surface area contributed by atoms with Gasteiger partial charge in [0.05, 0.1) is 10.4 Å². The molecule has 0 fully saturated rings. The highest BCUT2D eigenvalue weighted by molar-refractivity contribution is 7.19. The van der Waals surface area contributed by atoms with E-state index in [1.807, 2.05) is 30.3 Å². The Hall–Kier alpha value is -2.16. The zero-order chi connectivity index (χ0) is 15.8. The Morgan fingerprint density at radius 2 is 1.70 bits per heavy atom. The largest absolute Gasteiger partial charge is 0.264 e. The van der Waals surface area contributed by atoms with Crippen LogP contribution in [0, 0.1) is 0 Å². The summed E-state index contributed by atoms with van der Waals surface area (Å²) in [6.07, 6.45) is 2.05. The highest BCUT2D eigenvalue weighted by Gasteiger charge is 2.18. The van der Waals surface area contributed by atoms with Crippen LogP contribution in [-0.4, -0.2) is 0 Å². The molecule has 112 valence electrons. The minimum absolute atomic E-state index is 0.761. The highest BCUT2D eigenvalue weighted by Crippen LogP contribution is 2.30. The first-order valence-electron chi connectivity index (χ1n) is 7.47. The lowest BCUT2D eigenvalue weighted by Crippen LogP contribution is -2.29. The molecule has 1 aromatic heterocycles. The summed E-state index contributed by atoms with van der Waals surface area (Å²) in [5, 5.41) is 4.44. The molecule has 23 heavy (non-hydrogen) atoms. The van der Waals surface area contributed by atoms with Crippen LogP contribution in [0.5, 0.6) is 0 Å². The molecule has 0 radical (unpaired) electrons. The maximum absolute atomic E-state index is 6.51. The summed E-state index contributed by atoms with van der Waals surface area (Å²) < 4.78 is 3.50. The van der Waals surface area contributed by atoms with Gasteiger partial charge < -0.3 is 0 Å². The van der Waals surface area contributed by atoms with Crippen molar-refractivity contribution >= 4 is 55.0 Å². The van der Waals surface area contributed by atoms with Crippen LogP contribution < -0.4 is 4.57 Å². The maximum atomic E-state index is 6.51. The molecule has 0 atom stereocenters. The van der Waals surface area contributed by atoms with Gasteiger partial charge in [0.2, 0.25) is 5.52 Å². The van der Waals surface area contributed by atoms with E-state index in [9.17, 15) is 0 Å². The number of halogens is 1. The van der Waals surface area contributed by atoms with E-state index in [-0.39, 0.29) is 0 Å².